The lowest BCUT2D eigenvalue weighted by Gasteiger charge is -2.09. The molecule has 0 aliphatic heterocycles. The van der Waals surface area contributed by atoms with E-state index in [1.807, 2.05) is 6.07 Å². The van der Waals surface area contributed by atoms with Crippen LogP contribution in [-0.2, 0) is 13.1 Å². The van der Waals surface area contributed by atoms with Gasteiger partial charge >= 0.3 is 5.69 Å². The van der Waals surface area contributed by atoms with Crippen molar-refractivity contribution in [1.29, 1.82) is 5.26 Å². The summed E-state index contributed by atoms with van der Waals surface area (Å²) in [7, 11) is 0. The molecule has 0 aliphatic carbocycles. The maximum Gasteiger partial charge on any atom is 0.331 e. The Hall–Kier alpha value is -2.72. The van der Waals surface area contributed by atoms with Gasteiger partial charge in [0.25, 0.3) is 5.56 Å². The van der Waals surface area contributed by atoms with Gasteiger partial charge in [-0.25, -0.2) is 9.78 Å². The van der Waals surface area contributed by atoms with Crippen LogP contribution in [0, 0.1) is 11.3 Å². The number of hydrogen-bond donors (Lipinski definition) is 1. The summed E-state index contributed by atoms with van der Waals surface area (Å²) < 4.78 is 2.49. The predicted molar refractivity (Wildman–Crippen MR) is 72.1 cm³/mol. The first-order valence-corrected chi connectivity index (χ1v) is 6.01. The summed E-state index contributed by atoms with van der Waals surface area (Å²) in [6, 6.07) is 6.58. The van der Waals surface area contributed by atoms with Gasteiger partial charge in [0.05, 0.1) is 6.54 Å². The molecular weight excluding hydrogens is 258 g/mol. The molecule has 0 fully saturated rings. The Bertz CT molecular complexity index is 769. The van der Waals surface area contributed by atoms with Gasteiger partial charge < -0.3 is 5.73 Å². The van der Waals surface area contributed by atoms with E-state index in [1.165, 1.54) is 23.0 Å². The second-order valence-corrected chi connectivity index (χ2v) is 4.17. The van der Waals surface area contributed by atoms with Crippen LogP contribution in [0.5, 0.6) is 0 Å². The zero-order chi connectivity index (χ0) is 14.5. The van der Waals surface area contributed by atoms with Crippen LogP contribution in [0.25, 0.3) is 0 Å². The lowest BCUT2D eigenvalue weighted by atomic mass is 10.2. The number of rotatable bonds is 4. The Morgan fingerprint density at radius 3 is 2.85 bits per heavy atom. The number of aromatic nitrogens is 3. The van der Waals surface area contributed by atoms with E-state index in [0.29, 0.717) is 0 Å². The van der Waals surface area contributed by atoms with E-state index in [2.05, 4.69) is 4.98 Å². The number of nitriles is 1. The SMILES string of the molecule is N#Cc1cc(Cn2ccc(=O)n(CCN)c2=O)ccn1. The van der Waals surface area contributed by atoms with Gasteiger partial charge in [-0.3, -0.25) is 13.9 Å². The highest BCUT2D eigenvalue weighted by Gasteiger charge is 2.05. The average molecular weight is 271 g/mol. The van der Waals surface area contributed by atoms with E-state index in [1.54, 1.807) is 12.1 Å². The van der Waals surface area contributed by atoms with E-state index in [-0.39, 0.29) is 30.9 Å². The van der Waals surface area contributed by atoms with Crippen molar-refractivity contribution in [2.45, 2.75) is 13.1 Å². The normalized spacial score (nSPS) is 10.2. The molecule has 0 unspecified atom stereocenters. The van der Waals surface area contributed by atoms with Crippen LogP contribution in [-0.4, -0.2) is 20.7 Å². The molecule has 0 radical (unpaired) electrons. The molecule has 0 aliphatic rings. The minimum Gasteiger partial charge on any atom is -0.329 e. The number of nitrogens with two attached hydrogens (primary N) is 1. The smallest absolute Gasteiger partial charge is 0.329 e. The Kier molecular flexibility index (Phi) is 4.08. The van der Waals surface area contributed by atoms with Gasteiger partial charge in [0, 0.05) is 31.5 Å². The monoisotopic (exact) mass is 271 g/mol. The van der Waals surface area contributed by atoms with Crippen molar-refractivity contribution in [3.8, 4) is 6.07 Å². The first kappa shape index (κ1) is 13.7. The topological polar surface area (TPSA) is 107 Å². The van der Waals surface area contributed by atoms with Crippen LogP contribution < -0.4 is 17.0 Å². The molecular formula is C13H13N5O2. The summed E-state index contributed by atoms with van der Waals surface area (Å²) in [6.07, 6.45) is 2.94. The number of nitrogens with zero attached hydrogens (tertiary/aromatic N) is 4. The Balaban J connectivity index is 2.39. The van der Waals surface area contributed by atoms with Crippen LogP contribution in [0.2, 0.25) is 0 Å². The maximum absolute atomic E-state index is 12.1. The summed E-state index contributed by atoms with van der Waals surface area (Å²) in [5.74, 6) is 0. The van der Waals surface area contributed by atoms with Crippen LogP contribution >= 0.6 is 0 Å². The minimum absolute atomic E-state index is 0.179. The van der Waals surface area contributed by atoms with E-state index in [9.17, 15) is 9.59 Å². The predicted octanol–water partition coefficient (Wildman–Crippen LogP) is -0.716. The molecule has 0 aromatic carbocycles. The van der Waals surface area contributed by atoms with Crippen molar-refractivity contribution >= 4 is 0 Å². The summed E-state index contributed by atoms with van der Waals surface area (Å²) in [4.78, 5) is 27.6. The molecule has 102 valence electrons. The van der Waals surface area contributed by atoms with Gasteiger partial charge in [-0.15, -0.1) is 0 Å². The molecule has 0 saturated carbocycles. The third-order valence-corrected chi connectivity index (χ3v) is 2.78. The standard InChI is InChI=1S/C13H13N5O2/c14-3-6-18-12(19)2-5-17(13(18)20)9-10-1-4-16-11(7-10)8-15/h1-2,4-5,7H,3,6,9,14H2. The summed E-state index contributed by atoms with van der Waals surface area (Å²) >= 11 is 0. The van der Waals surface area contributed by atoms with E-state index >= 15 is 0 Å². The van der Waals surface area contributed by atoms with Gasteiger partial charge in [-0.1, -0.05) is 0 Å². The van der Waals surface area contributed by atoms with Crippen LogP contribution in [0.1, 0.15) is 11.3 Å². The van der Waals surface area contributed by atoms with Crippen LogP contribution in [0.15, 0.2) is 40.2 Å². The second-order valence-electron chi connectivity index (χ2n) is 4.17. The molecule has 0 spiro atoms. The highest BCUT2D eigenvalue weighted by Crippen LogP contribution is 2.02. The Morgan fingerprint density at radius 2 is 2.15 bits per heavy atom. The van der Waals surface area contributed by atoms with Gasteiger partial charge in [0.1, 0.15) is 11.8 Å². The zero-order valence-corrected chi connectivity index (χ0v) is 10.7. The van der Waals surface area contributed by atoms with Crippen LogP contribution in [0.4, 0.5) is 0 Å². The molecule has 0 bridgehead atoms. The van der Waals surface area contributed by atoms with Gasteiger partial charge in [-0.05, 0) is 17.7 Å². The highest BCUT2D eigenvalue weighted by atomic mass is 16.2. The Labute approximate surface area is 114 Å². The molecule has 20 heavy (non-hydrogen) atoms. The van der Waals surface area contributed by atoms with Crippen molar-refractivity contribution in [3.63, 3.8) is 0 Å². The lowest BCUT2D eigenvalue weighted by molar-refractivity contribution is 0.579. The maximum atomic E-state index is 12.1. The number of hydrogen-bond acceptors (Lipinski definition) is 5. The summed E-state index contributed by atoms with van der Waals surface area (Å²) in [6.45, 7) is 0.659. The quantitative estimate of drug-likeness (QED) is 0.790. The molecule has 2 rings (SSSR count). The van der Waals surface area contributed by atoms with E-state index in [0.717, 1.165) is 10.1 Å². The van der Waals surface area contributed by atoms with E-state index < -0.39 is 5.69 Å². The van der Waals surface area contributed by atoms with Gasteiger partial charge in [0.15, 0.2) is 0 Å². The molecule has 0 amide bonds. The molecule has 7 heteroatoms. The molecule has 2 aromatic rings. The zero-order valence-electron chi connectivity index (χ0n) is 10.7. The third kappa shape index (κ3) is 2.81. The molecule has 2 heterocycles. The lowest BCUT2D eigenvalue weighted by Crippen LogP contribution is -2.40. The largest absolute Gasteiger partial charge is 0.331 e. The molecule has 2 N–H and O–H groups in total. The molecule has 0 atom stereocenters. The van der Waals surface area contributed by atoms with Crippen LogP contribution in [0.3, 0.4) is 0 Å². The minimum atomic E-state index is -0.418. The first-order valence-electron chi connectivity index (χ1n) is 6.01. The van der Waals surface area contributed by atoms with Crippen molar-refractivity contribution < 1.29 is 0 Å². The Morgan fingerprint density at radius 1 is 1.35 bits per heavy atom. The average Bonchev–Trinajstić information content (AvgIpc) is 2.47. The third-order valence-electron chi connectivity index (χ3n) is 2.78. The van der Waals surface area contributed by atoms with Gasteiger partial charge in [-0.2, -0.15) is 5.26 Å². The second kappa shape index (κ2) is 5.95. The fourth-order valence-electron chi connectivity index (χ4n) is 1.84. The first-order chi connectivity index (χ1) is 9.65. The molecule has 0 saturated heterocycles. The summed E-state index contributed by atoms with van der Waals surface area (Å²) in [5, 5.41) is 8.79. The van der Waals surface area contributed by atoms with Crippen molar-refractivity contribution in [2.75, 3.05) is 6.54 Å². The van der Waals surface area contributed by atoms with E-state index in [4.69, 9.17) is 11.0 Å². The highest BCUT2D eigenvalue weighted by molar-refractivity contribution is 5.25. The van der Waals surface area contributed by atoms with Crippen molar-refractivity contribution in [2.24, 2.45) is 5.73 Å². The van der Waals surface area contributed by atoms with Gasteiger partial charge in [0.2, 0.25) is 0 Å². The molecule has 7 nitrogen and oxygen atoms in total. The number of pyridine rings is 1. The molecule has 2 aromatic heterocycles. The van der Waals surface area contributed by atoms with Crippen molar-refractivity contribution in [1.82, 2.24) is 14.1 Å². The fourth-order valence-corrected chi connectivity index (χ4v) is 1.84. The van der Waals surface area contributed by atoms with Crippen molar-refractivity contribution in [3.05, 3.63) is 62.7 Å². The summed E-state index contributed by atoms with van der Waals surface area (Å²) in [5.41, 5.74) is 5.64. The fraction of sp³-hybridized carbons (Fsp3) is 0.231.